The van der Waals surface area contributed by atoms with Crippen molar-refractivity contribution >= 4 is 17.9 Å². The maximum absolute atomic E-state index is 12.7. The number of nitrogens with one attached hydrogen (secondary N) is 1. The first-order chi connectivity index (χ1) is 12.4. The van der Waals surface area contributed by atoms with Crippen LogP contribution in [0.15, 0.2) is 24.3 Å². The van der Waals surface area contributed by atoms with E-state index in [2.05, 4.69) is 12.2 Å². The summed E-state index contributed by atoms with van der Waals surface area (Å²) in [5.41, 5.74) is 0.140. The molecule has 7 nitrogen and oxygen atoms in total. The highest BCUT2D eigenvalue weighted by Gasteiger charge is 2.52. The largest absolute Gasteiger partial charge is 0.459 e. The standard InChI is InChI=1S/C19H21N3O4/c1-13-6-8-19(9-7-13)17(24)22(18(25)21-19)11-16(23)26-12-15-5-3-2-4-14(15)10-20/h2-5,13H,6-9,11-12H2,1H3,(H,21,25). The van der Waals surface area contributed by atoms with Crippen LogP contribution in [0.1, 0.15) is 43.7 Å². The van der Waals surface area contributed by atoms with Gasteiger partial charge < -0.3 is 10.1 Å². The molecule has 2 aliphatic rings. The second-order valence-corrected chi connectivity index (χ2v) is 7.02. The van der Waals surface area contributed by atoms with E-state index in [1.165, 1.54) is 0 Å². The molecular formula is C19H21N3O4. The van der Waals surface area contributed by atoms with Crippen molar-refractivity contribution in [2.24, 2.45) is 5.92 Å². The number of hydrogen-bond donors (Lipinski definition) is 1. The van der Waals surface area contributed by atoms with Gasteiger partial charge in [0.05, 0.1) is 11.6 Å². The third-order valence-corrected chi connectivity index (χ3v) is 5.19. The maximum atomic E-state index is 12.7. The molecule has 1 aliphatic carbocycles. The highest BCUT2D eigenvalue weighted by Crippen LogP contribution is 2.36. The Kier molecular flexibility index (Phi) is 4.94. The Morgan fingerprint density at radius 1 is 1.35 bits per heavy atom. The number of nitriles is 1. The number of urea groups is 1. The van der Waals surface area contributed by atoms with Gasteiger partial charge in [-0.15, -0.1) is 0 Å². The predicted octanol–water partition coefficient (Wildman–Crippen LogP) is 2.10. The van der Waals surface area contributed by atoms with Crippen molar-refractivity contribution < 1.29 is 19.1 Å². The zero-order valence-electron chi connectivity index (χ0n) is 14.7. The lowest BCUT2D eigenvalue weighted by atomic mass is 9.77. The minimum Gasteiger partial charge on any atom is -0.459 e. The van der Waals surface area contributed by atoms with Gasteiger partial charge in [-0.3, -0.25) is 14.5 Å². The lowest BCUT2D eigenvalue weighted by molar-refractivity contribution is -0.149. The van der Waals surface area contributed by atoms with Crippen LogP contribution in [-0.2, 0) is 20.9 Å². The number of benzene rings is 1. The number of imide groups is 1. The van der Waals surface area contributed by atoms with Crippen molar-refractivity contribution in [1.82, 2.24) is 10.2 Å². The highest BCUT2D eigenvalue weighted by molar-refractivity contribution is 6.08. The number of ether oxygens (including phenoxy) is 1. The van der Waals surface area contributed by atoms with E-state index in [4.69, 9.17) is 10.00 Å². The smallest absolute Gasteiger partial charge is 0.326 e. The van der Waals surface area contributed by atoms with Gasteiger partial charge in [0.25, 0.3) is 5.91 Å². The number of carbonyl (C=O) groups is 3. The molecule has 1 aliphatic heterocycles. The van der Waals surface area contributed by atoms with Crippen LogP contribution in [0.3, 0.4) is 0 Å². The second-order valence-electron chi connectivity index (χ2n) is 7.02. The monoisotopic (exact) mass is 355 g/mol. The molecule has 7 heteroatoms. The molecule has 1 saturated heterocycles. The van der Waals surface area contributed by atoms with Gasteiger partial charge in [-0.25, -0.2) is 4.79 Å². The fourth-order valence-corrected chi connectivity index (χ4v) is 3.50. The van der Waals surface area contributed by atoms with E-state index in [9.17, 15) is 14.4 Å². The minimum absolute atomic E-state index is 0.0745. The second kappa shape index (κ2) is 7.16. The molecule has 3 rings (SSSR count). The third-order valence-electron chi connectivity index (χ3n) is 5.19. The van der Waals surface area contributed by atoms with Crippen molar-refractivity contribution in [3.05, 3.63) is 35.4 Å². The van der Waals surface area contributed by atoms with E-state index in [0.29, 0.717) is 29.9 Å². The maximum Gasteiger partial charge on any atom is 0.326 e. The molecule has 0 bridgehead atoms. The first-order valence-electron chi connectivity index (χ1n) is 8.73. The van der Waals surface area contributed by atoms with E-state index in [-0.39, 0.29) is 12.5 Å². The van der Waals surface area contributed by atoms with Gasteiger partial charge in [-0.05, 0) is 37.7 Å². The molecule has 26 heavy (non-hydrogen) atoms. The summed E-state index contributed by atoms with van der Waals surface area (Å²) in [5.74, 6) is -0.490. The van der Waals surface area contributed by atoms with Crippen LogP contribution in [-0.4, -0.2) is 34.9 Å². The van der Waals surface area contributed by atoms with Crippen molar-refractivity contribution in [3.63, 3.8) is 0 Å². The Labute approximate surface area is 151 Å². The van der Waals surface area contributed by atoms with E-state index >= 15 is 0 Å². The summed E-state index contributed by atoms with van der Waals surface area (Å²) in [4.78, 5) is 37.9. The average Bonchev–Trinajstić information content (AvgIpc) is 2.87. The molecule has 3 amide bonds. The summed E-state index contributed by atoms with van der Waals surface area (Å²) < 4.78 is 5.16. The fourth-order valence-electron chi connectivity index (χ4n) is 3.50. The lowest BCUT2D eigenvalue weighted by Gasteiger charge is -2.33. The van der Waals surface area contributed by atoms with E-state index in [1.807, 2.05) is 6.07 Å². The third kappa shape index (κ3) is 3.40. The predicted molar refractivity (Wildman–Crippen MR) is 91.6 cm³/mol. The van der Waals surface area contributed by atoms with E-state index < -0.39 is 24.1 Å². The Hall–Kier alpha value is -2.88. The lowest BCUT2D eigenvalue weighted by Crippen LogP contribution is -2.49. The number of carbonyl (C=O) groups excluding carboxylic acids is 3. The first kappa shape index (κ1) is 17.9. The molecule has 1 aromatic rings. The van der Waals surface area contributed by atoms with Crippen molar-refractivity contribution in [2.45, 2.75) is 44.8 Å². The summed E-state index contributed by atoms with van der Waals surface area (Å²) in [6, 6.07) is 8.28. The van der Waals surface area contributed by atoms with Crippen LogP contribution in [0, 0.1) is 17.2 Å². The molecule has 0 radical (unpaired) electrons. The number of esters is 1. The van der Waals surface area contributed by atoms with Gasteiger partial charge in [0, 0.05) is 5.56 Å². The molecule has 0 aromatic heterocycles. The summed E-state index contributed by atoms with van der Waals surface area (Å²) in [5, 5.41) is 11.8. The Morgan fingerprint density at radius 2 is 2.04 bits per heavy atom. The van der Waals surface area contributed by atoms with Gasteiger partial charge in [-0.2, -0.15) is 5.26 Å². The molecule has 1 aromatic carbocycles. The number of nitrogens with zero attached hydrogens (tertiary/aromatic N) is 2. The van der Waals surface area contributed by atoms with Gasteiger partial charge >= 0.3 is 12.0 Å². The van der Waals surface area contributed by atoms with E-state index in [0.717, 1.165) is 17.7 Å². The van der Waals surface area contributed by atoms with Gasteiger partial charge in [-0.1, -0.05) is 25.1 Å². The molecule has 2 fully saturated rings. The SMILES string of the molecule is CC1CCC2(CC1)NC(=O)N(CC(=O)OCc1ccccc1C#N)C2=O. The Morgan fingerprint density at radius 3 is 2.73 bits per heavy atom. The van der Waals surface area contributed by atoms with Crippen LogP contribution in [0.2, 0.25) is 0 Å². The van der Waals surface area contributed by atoms with Crippen molar-refractivity contribution in [1.29, 1.82) is 5.26 Å². The van der Waals surface area contributed by atoms with E-state index in [1.54, 1.807) is 24.3 Å². The molecule has 0 atom stereocenters. The average molecular weight is 355 g/mol. The molecule has 1 heterocycles. The van der Waals surface area contributed by atoms with Crippen LogP contribution in [0.5, 0.6) is 0 Å². The van der Waals surface area contributed by atoms with Gasteiger partial charge in [0.2, 0.25) is 0 Å². The van der Waals surface area contributed by atoms with Crippen LogP contribution in [0.4, 0.5) is 4.79 Å². The summed E-state index contributed by atoms with van der Waals surface area (Å²) in [7, 11) is 0. The van der Waals surface area contributed by atoms with Gasteiger partial charge in [0.15, 0.2) is 0 Å². The summed E-state index contributed by atoms with van der Waals surface area (Å²) in [6.45, 7) is 1.63. The summed E-state index contributed by atoms with van der Waals surface area (Å²) in [6.07, 6.45) is 2.93. The van der Waals surface area contributed by atoms with Crippen molar-refractivity contribution in [2.75, 3.05) is 6.54 Å². The minimum atomic E-state index is -0.864. The van der Waals surface area contributed by atoms with Crippen LogP contribution in [0.25, 0.3) is 0 Å². The molecule has 1 N–H and O–H groups in total. The van der Waals surface area contributed by atoms with Crippen LogP contribution >= 0.6 is 0 Å². The van der Waals surface area contributed by atoms with Crippen LogP contribution < -0.4 is 5.32 Å². The first-order valence-corrected chi connectivity index (χ1v) is 8.73. The topological polar surface area (TPSA) is 99.5 Å². The highest BCUT2D eigenvalue weighted by atomic mass is 16.5. The number of rotatable bonds is 4. The van der Waals surface area contributed by atoms with Crippen molar-refractivity contribution in [3.8, 4) is 6.07 Å². The zero-order chi connectivity index (χ0) is 18.7. The normalized spacial score (nSPS) is 25.1. The molecular weight excluding hydrogens is 334 g/mol. The molecule has 1 saturated carbocycles. The molecule has 0 unspecified atom stereocenters. The molecule has 1 spiro atoms. The fraction of sp³-hybridized carbons (Fsp3) is 0.474. The van der Waals surface area contributed by atoms with Gasteiger partial charge in [0.1, 0.15) is 18.7 Å². The number of hydrogen-bond acceptors (Lipinski definition) is 5. The summed E-state index contributed by atoms with van der Waals surface area (Å²) >= 11 is 0. The number of amides is 3. The Bertz CT molecular complexity index is 775. The zero-order valence-corrected chi connectivity index (χ0v) is 14.7. The Balaban J connectivity index is 1.60. The molecule has 136 valence electrons. The quantitative estimate of drug-likeness (QED) is 0.659.